The van der Waals surface area contributed by atoms with Crippen LogP contribution in [0.2, 0.25) is 0 Å². The van der Waals surface area contributed by atoms with Gasteiger partial charge in [0.25, 0.3) is 0 Å². The Balaban J connectivity index is 1.57. The third-order valence-electron chi connectivity index (χ3n) is 5.38. The van der Waals surface area contributed by atoms with E-state index >= 15 is 0 Å². The number of nitriles is 1. The van der Waals surface area contributed by atoms with E-state index in [2.05, 4.69) is 38.1 Å². The van der Waals surface area contributed by atoms with Crippen molar-refractivity contribution in [1.29, 1.82) is 5.26 Å². The number of hydrogen-bond acceptors (Lipinski definition) is 4. The lowest BCUT2D eigenvalue weighted by molar-refractivity contribution is -0.118. The van der Waals surface area contributed by atoms with E-state index < -0.39 is 0 Å². The minimum Gasteiger partial charge on any atom is -0.312 e. The summed E-state index contributed by atoms with van der Waals surface area (Å²) >= 11 is 3.51. The zero-order chi connectivity index (χ0) is 19.8. The molecule has 0 N–H and O–H groups in total. The lowest BCUT2D eigenvalue weighted by atomic mass is 10.0. The first-order valence-corrected chi connectivity index (χ1v) is 10.1. The normalized spacial score (nSPS) is 13.4. The molecule has 0 aliphatic carbocycles. The molecule has 0 fully saturated rings. The first-order valence-electron chi connectivity index (χ1n) is 9.32. The lowest BCUT2D eigenvalue weighted by Gasteiger charge is -2.30. The molecular weight excluding hydrogens is 418 g/mol. The highest BCUT2D eigenvalue weighted by Crippen LogP contribution is 2.30. The number of aromatic nitrogens is 3. The molecule has 3 heterocycles. The Morgan fingerprint density at radius 2 is 2.18 bits per heavy atom. The van der Waals surface area contributed by atoms with Crippen molar-refractivity contribution in [2.24, 2.45) is 0 Å². The molecule has 6 nitrogen and oxygen atoms in total. The standard InChI is InChI=1S/C21H20BrN5O/c1-13-18(14(2)27-21(25-13)16(11-23)12-24-27)6-8-20(28)26-9-3-4-15-10-17(22)5-7-19(15)26/h5,7,10,12H,3-4,6,8-9H2,1-2H3. The molecule has 0 saturated heterocycles. The number of halogens is 1. The van der Waals surface area contributed by atoms with Gasteiger partial charge in [-0.25, -0.2) is 9.50 Å². The Labute approximate surface area is 171 Å². The Morgan fingerprint density at radius 1 is 1.36 bits per heavy atom. The van der Waals surface area contributed by atoms with Gasteiger partial charge in [0, 0.05) is 34.5 Å². The van der Waals surface area contributed by atoms with Crippen molar-refractivity contribution in [1.82, 2.24) is 14.6 Å². The van der Waals surface area contributed by atoms with Crippen molar-refractivity contribution in [2.75, 3.05) is 11.4 Å². The molecule has 0 unspecified atom stereocenters. The Hall–Kier alpha value is -2.72. The molecule has 3 aromatic rings. The molecule has 1 amide bonds. The topological polar surface area (TPSA) is 74.3 Å². The molecule has 28 heavy (non-hydrogen) atoms. The largest absolute Gasteiger partial charge is 0.312 e. The zero-order valence-corrected chi connectivity index (χ0v) is 17.5. The quantitative estimate of drug-likeness (QED) is 0.622. The van der Waals surface area contributed by atoms with Gasteiger partial charge in [-0.1, -0.05) is 15.9 Å². The molecule has 0 radical (unpaired) electrons. The second-order valence-electron chi connectivity index (χ2n) is 7.09. The third-order valence-corrected chi connectivity index (χ3v) is 5.87. The van der Waals surface area contributed by atoms with Crippen LogP contribution in [-0.2, 0) is 17.6 Å². The maximum Gasteiger partial charge on any atom is 0.227 e. The van der Waals surface area contributed by atoms with Gasteiger partial charge in [0.05, 0.1) is 6.20 Å². The highest BCUT2D eigenvalue weighted by molar-refractivity contribution is 9.10. The first kappa shape index (κ1) is 18.6. The highest BCUT2D eigenvalue weighted by Gasteiger charge is 2.23. The van der Waals surface area contributed by atoms with Crippen LogP contribution in [0.1, 0.15) is 40.9 Å². The molecule has 0 saturated carbocycles. The number of carbonyl (C=O) groups excluding carboxylic acids is 1. The average molecular weight is 438 g/mol. The molecule has 1 aliphatic rings. The van der Waals surface area contributed by atoms with E-state index in [0.29, 0.717) is 24.1 Å². The first-order chi connectivity index (χ1) is 13.5. The molecular formula is C21H20BrN5O. The van der Waals surface area contributed by atoms with Gasteiger partial charge in [0.1, 0.15) is 11.6 Å². The second-order valence-corrected chi connectivity index (χ2v) is 8.00. The Morgan fingerprint density at radius 3 is 2.96 bits per heavy atom. The maximum atomic E-state index is 13.0. The summed E-state index contributed by atoms with van der Waals surface area (Å²) in [6.07, 6.45) is 4.52. The van der Waals surface area contributed by atoms with E-state index in [4.69, 9.17) is 0 Å². The number of amides is 1. The SMILES string of the molecule is Cc1nc2c(C#N)cnn2c(C)c1CCC(=O)N1CCCc2cc(Br)ccc21. The van der Waals surface area contributed by atoms with Crippen molar-refractivity contribution in [3.63, 3.8) is 0 Å². The number of nitrogens with zero attached hydrogens (tertiary/aromatic N) is 5. The number of aryl methyl sites for hydroxylation is 3. The van der Waals surface area contributed by atoms with Gasteiger partial charge in [-0.15, -0.1) is 0 Å². The summed E-state index contributed by atoms with van der Waals surface area (Å²) in [4.78, 5) is 19.4. The van der Waals surface area contributed by atoms with Gasteiger partial charge in [-0.3, -0.25) is 4.79 Å². The molecule has 7 heteroatoms. The Kier molecular flexibility index (Phi) is 4.90. The second kappa shape index (κ2) is 7.36. The van der Waals surface area contributed by atoms with E-state index in [1.165, 1.54) is 11.8 Å². The van der Waals surface area contributed by atoms with Crippen LogP contribution >= 0.6 is 15.9 Å². The molecule has 4 rings (SSSR count). The number of benzene rings is 1. The van der Waals surface area contributed by atoms with Crippen LogP contribution in [0.3, 0.4) is 0 Å². The van der Waals surface area contributed by atoms with Gasteiger partial charge in [0.2, 0.25) is 5.91 Å². The van der Waals surface area contributed by atoms with E-state index in [0.717, 1.165) is 46.5 Å². The zero-order valence-electron chi connectivity index (χ0n) is 15.9. The fraction of sp³-hybridized carbons (Fsp3) is 0.333. The lowest BCUT2D eigenvalue weighted by Crippen LogP contribution is -2.35. The fourth-order valence-electron chi connectivity index (χ4n) is 3.94. The maximum absolute atomic E-state index is 13.0. The van der Waals surface area contributed by atoms with Crippen LogP contribution in [0.15, 0.2) is 28.9 Å². The summed E-state index contributed by atoms with van der Waals surface area (Å²) < 4.78 is 2.74. The smallest absolute Gasteiger partial charge is 0.227 e. The van der Waals surface area contributed by atoms with Crippen LogP contribution in [-0.4, -0.2) is 27.0 Å². The number of anilines is 1. The molecule has 0 spiro atoms. The number of rotatable bonds is 3. The summed E-state index contributed by atoms with van der Waals surface area (Å²) in [5, 5.41) is 13.5. The van der Waals surface area contributed by atoms with E-state index in [1.807, 2.05) is 30.9 Å². The summed E-state index contributed by atoms with van der Waals surface area (Å²) in [6.45, 7) is 4.64. The predicted octanol–water partition coefficient (Wildman–Crippen LogP) is 3.89. The molecule has 0 bridgehead atoms. The van der Waals surface area contributed by atoms with Crippen molar-refractivity contribution in [3.8, 4) is 6.07 Å². The molecule has 2 aromatic heterocycles. The van der Waals surface area contributed by atoms with Crippen LogP contribution < -0.4 is 4.90 Å². The van der Waals surface area contributed by atoms with Gasteiger partial charge in [0.15, 0.2) is 5.65 Å². The summed E-state index contributed by atoms with van der Waals surface area (Å²) in [7, 11) is 0. The number of fused-ring (bicyclic) bond motifs is 2. The average Bonchev–Trinajstić information content (AvgIpc) is 3.09. The van der Waals surface area contributed by atoms with Crippen LogP contribution in [0, 0.1) is 25.2 Å². The number of hydrogen-bond donors (Lipinski definition) is 0. The third kappa shape index (κ3) is 3.18. The van der Waals surface area contributed by atoms with E-state index in [9.17, 15) is 10.1 Å². The van der Waals surface area contributed by atoms with Crippen LogP contribution in [0.25, 0.3) is 5.65 Å². The molecule has 1 aliphatic heterocycles. The van der Waals surface area contributed by atoms with E-state index in [-0.39, 0.29) is 5.91 Å². The molecule has 1 aromatic carbocycles. The summed E-state index contributed by atoms with van der Waals surface area (Å²) in [5.41, 5.74) is 6.06. The summed E-state index contributed by atoms with van der Waals surface area (Å²) in [6, 6.07) is 8.23. The fourth-order valence-corrected chi connectivity index (χ4v) is 4.35. The van der Waals surface area contributed by atoms with Crippen molar-refractivity contribution < 1.29 is 4.79 Å². The van der Waals surface area contributed by atoms with Crippen LogP contribution in [0.5, 0.6) is 0 Å². The van der Waals surface area contributed by atoms with Gasteiger partial charge >= 0.3 is 0 Å². The predicted molar refractivity (Wildman–Crippen MR) is 110 cm³/mol. The van der Waals surface area contributed by atoms with Crippen molar-refractivity contribution in [3.05, 3.63) is 56.9 Å². The van der Waals surface area contributed by atoms with E-state index in [1.54, 1.807) is 4.52 Å². The Bertz CT molecular complexity index is 1130. The van der Waals surface area contributed by atoms with Crippen LogP contribution in [0.4, 0.5) is 5.69 Å². The van der Waals surface area contributed by atoms with Crippen molar-refractivity contribution >= 4 is 33.2 Å². The minimum absolute atomic E-state index is 0.125. The van der Waals surface area contributed by atoms with Gasteiger partial charge in [-0.2, -0.15) is 10.4 Å². The minimum atomic E-state index is 0.125. The van der Waals surface area contributed by atoms with Gasteiger partial charge < -0.3 is 4.90 Å². The van der Waals surface area contributed by atoms with Gasteiger partial charge in [-0.05, 0) is 62.4 Å². The monoisotopic (exact) mass is 437 g/mol. The summed E-state index contributed by atoms with van der Waals surface area (Å²) in [5.74, 6) is 0.125. The number of carbonyl (C=O) groups is 1. The molecule has 142 valence electrons. The van der Waals surface area contributed by atoms with Crippen molar-refractivity contribution in [2.45, 2.75) is 39.5 Å². The molecule has 0 atom stereocenters. The highest BCUT2D eigenvalue weighted by atomic mass is 79.9.